The number of hydrogen-bond acceptors (Lipinski definition) is 1. The Morgan fingerprint density at radius 1 is 1.21 bits per heavy atom. The predicted octanol–water partition coefficient (Wildman–Crippen LogP) is 3.98. The van der Waals surface area contributed by atoms with Crippen LogP contribution < -0.4 is 4.74 Å². The first-order valence-electron chi connectivity index (χ1n) is 4.98. The van der Waals surface area contributed by atoms with Crippen LogP contribution in [0.1, 0.15) is 39.2 Å². The van der Waals surface area contributed by atoms with Crippen molar-refractivity contribution in [2.75, 3.05) is 7.11 Å². The number of ether oxygens (including phenoxy) is 1. The monoisotopic (exact) mass is 198 g/mol. The van der Waals surface area contributed by atoms with Gasteiger partial charge in [-0.15, -0.1) is 0 Å². The number of methoxy groups -OCH3 is 1. The van der Waals surface area contributed by atoms with Gasteiger partial charge in [0.05, 0.1) is 7.11 Å². The average molecular weight is 198 g/mol. The zero-order valence-electron chi connectivity index (χ0n) is 9.60. The number of rotatable bonds is 2. The molecule has 0 aliphatic carbocycles. The largest absolute Gasteiger partial charge is 0.494 e. The quantitative estimate of drug-likeness (QED) is 0.698. The van der Waals surface area contributed by atoms with Crippen LogP contribution in [0.3, 0.4) is 0 Å². The van der Waals surface area contributed by atoms with Gasteiger partial charge < -0.3 is 4.74 Å². The molecule has 80 valence electrons. The summed E-state index contributed by atoms with van der Waals surface area (Å²) in [7, 11) is 1.47. The molecule has 1 nitrogen and oxygen atoms in total. The molecule has 0 fully saturated rings. The minimum Gasteiger partial charge on any atom is -0.494 e. The second kappa shape index (κ2) is 6.41. The van der Waals surface area contributed by atoms with Crippen molar-refractivity contribution in [3.8, 4) is 5.75 Å². The first-order valence-corrected chi connectivity index (χ1v) is 4.98. The van der Waals surface area contributed by atoms with E-state index >= 15 is 0 Å². The van der Waals surface area contributed by atoms with Crippen molar-refractivity contribution in [3.05, 3.63) is 29.6 Å². The fraction of sp³-hybridized carbons (Fsp3) is 0.500. The van der Waals surface area contributed by atoms with Gasteiger partial charge in [-0.2, -0.15) is 0 Å². The molecule has 2 heteroatoms. The molecule has 0 aliphatic heterocycles. The second-order valence-electron chi connectivity index (χ2n) is 3.05. The van der Waals surface area contributed by atoms with Crippen molar-refractivity contribution in [2.45, 2.75) is 33.6 Å². The molecule has 1 aromatic rings. The Bertz CT molecular complexity index is 269. The predicted molar refractivity (Wildman–Crippen MR) is 58.4 cm³/mol. The highest BCUT2D eigenvalue weighted by atomic mass is 19.1. The lowest BCUT2D eigenvalue weighted by molar-refractivity contribution is 0.385. The summed E-state index contributed by atoms with van der Waals surface area (Å²) in [6.07, 6.45) is 0. The fourth-order valence-electron chi connectivity index (χ4n) is 1.04. The first-order chi connectivity index (χ1) is 6.65. The maximum absolute atomic E-state index is 12.9. The summed E-state index contributed by atoms with van der Waals surface area (Å²) >= 11 is 0. The normalized spacial score (nSPS) is 9.36. The molecule has 0 radical (unpaired) electrons. The lowest BCUT2D eigenvalue weighted by Crippen LogP contribution is -1.92. The molecule has 0 saturated carbocycles. The molecule has 0 heterocycles. The Morgan fingerprint density at radius 2 is 1.79 bits per heavy atom. The van der Waals surface area contributed by atoms with Gasteiger partial charge >= 0.3 is 0 Å². The molecule has 0 unspecified atom stereocenters. The van der Waals surface area contributed by atoms with Crippen LogP contribution in [0.2, 0.25) is 0 Å². The highest BCUT2D eigenvalue weighted by Gasteiger charge is 2.05. The van der Waals surface area contributed by atoms with E-state index in [1.165, 1.54) is 13.2 Å². The zero-order valence-corrected chi connectivity index (χ0v) is 9.60. The van der Waals surface area contributed by atoms with Crippen LogP contribution in [0.25, 0.3) is 0 Å². The van der Waals surface area contributed by atoms with E-state index in [2.05, 4.69) is 13.8 Å². The third-order valence-electron chi connectivity index (χ3n) is 1.84. The third kappa shape index (κ3) is 3.36. The summed E-state index contributed by atoms with van der Waals surface area (Å²) in [4.78, 5) is 0. The van der Waals surface area contributed by atoms with Gasteiger partial charge in [-0.25, -0.2) is 4.39 Å². The van der Waals surface area contributed by atoms with Gasteiger partial charge in [0.15, 0.2) is 11.6 Å². The topological polar surface area (TPSA) is 9.23 Å². The van der Waals surface area contributed by atoms with Crippen molar-refractivity contribution >= 4 is 0 Å². The third-order valence-corrected chi connectivity index (χ3v) is 1.84. The van der Waals surface area contributed by atoms with Crippen LogP contribution in [0, 0.1) is 5.82 Å². The molecular weight excluding hydrogens is 179 g/mol. The highest BCUT2D eigenvalue weighted by Crippen LogP contribution is 2.22. The zero-order chi connectivity index (χ0) is 11.1. The van der Waals surface area contributed by atoms with Gasteiger partial charge in [0.2, 0.25) is 0 Å². The van der Waals surface area contributed by atoms with Gasteiger partial charge in [-0.05, 0) is 23.6 Å². The van der Waals surface area contributed by atoms with E-state index in [-0.39, 0.29) is 5.82 Å². The molecule has 1 aromatic carbocycles. The molecule has 0 spiro atoms. The molecule has 0 aromatic heterocycles. The smallest absolute Gasteiger partial charge is 0.165 e. The fourth-order valence-corrected chi connectivity index (χ4v) is 1.04. The molecule has 0 atom stereocenters. The minimum atomic E-state index is -0.304. The van der Waals surface area contributed by atoms with E-state index in [0.717, 1.165) is 5.56 Å². The number of hydrogen-bond donors (Lipinski definition) is 0. The molecule has 0 N–H and O–H groups in total. The lowest BCUT2D eigenvalue weighted by Gasteiger charge is -2.07. The summed E-state index contributed by atoms with van der Waals surface area (Å²) in [5.41, 5.74) is 1.09. The van der Waals surface area contributed by atoms with Gasteiger partial charge in [0, 0.05) is 0 Å². The maximum atomic E-state index is 12.9. The second-order valence-corrected chi connectivity index (χ2v) is 3.05. The van der Waals surface area contributed by atoms with Crippen LogP contribution in [-0.2, 0) is 0 Å². The Labute approximate surface area is 85.9 Å². The van der Waals surface area contributed by atoms with Crippen LogP contribution in [0.5, 0.6) is 5.75 Å². The van der Waals surface area contributed by atoms with E-state index in [0.29, 0.717) is 11.7 Å². The molecular formula is C12H19FO. The van der Waals surface area contributed by atoms with Gasteiger partial charge in [0.25, 0.3) is 0 Å². The molecule has 0 saturated heterocycles. The Hall–Kier alpha value is -1.05. The molecule has 0 bridgehead atoms. The number of halogens is 1. The van der Waals surface area contributed by atoms with Crippen molar-refractivity contribution in [3.63, 3.8) is 0 Å². The Balaban J connectivity index is 0.000000791. The summed E-state index contributed by atoms with van der Waals surface area (Å²) in [5.74, 6) is 0.419. The molecule has 1 rings (SSSR count). The summed E-state index contributed by atoms with van der Waals surface area (Å²) in [5, 5.41) is 0. The first kappa shape index (κ1) is 12.9. The van der Waals surface area contributed by atoms with E-state index in [9.17, 15) is 4.39 Å². The van der Waals surface area contributed by atoms with E-state index < -0.39 is 0 Å². The van der Waals surface area contributed by atoms with Gasteiger partial charge in [-0.3, -0.25) is 0 Å². The van der Waals surface area contributed by atoms with Crippen LogP contribution in [-0.4, -0.2) is 7.11 Å². The highest BCUT2D eigenvalue weighted by molar-refractivity contribution is 5.31. The summed E-state index contributed by atoms with van der Waals surface area (Å²) in [6.45, 7) is 8.12. The van der Waals surface area contributed by atoms with Crippen LogP contribution in [0.4, 0.5) is 4.39 Å². The van der Waals surface area contributed by atoms with Gasteiger partial charge in [0.1, 0.15) is 0 Å². The van der Waals surface area contributed by atoms with E-state index in [4.69, 9.17) is 4.74 Å². The Kier molecular flexibility index (Phi) is 5.93. The Morgan fingerprint density at radius 3 is 2.21 bits per heavy atom. The van der Waals surface area contributed by atoms with Crippen LogP contribution in [0.15, 0.2) is 18.2 Å². The minimum absolute atomic E-state index is 0.304. The SMILES string of the molecule is CC.COc1cc(C(C)C)ccc1F. The van der Waals surface area contributed by atoms with Crippen molar-refractivity contribution in [2.24, 2.45) is 0 Å². The molecule has 0 amide bonds. The summed E-state index contributed by atoms with van der Waals surface area (Å²) in [6, 6.07) is 4.96. The van der Waals surface area contributed by atoms with Crippen molar-refractivity contribution in [1.82, 2.24) is 0 Å². The standard InChI is InChI=1S/C10H13FO.C2H6/c1-7(2)8-4-5-9(11)10(6-8)12-3;1-2/h4-7H,1-3H3;1-2H3. The number of benzene rings is 1. The average Bonchev–Trinajstić information content (AvgIpc) is 2.21. The van der Waals surface area contributed by atoms with Gasteiger partial charge in [-0.1, -0.05) is 33.8 Å². The molecule has 14 heavy (non-hydrogen) atoms. The summed E-state index contributed by atoms with van der Waals surface area (Å²) < 4.78 is 17.8. The van der Waals surface area contributed by atoms with E-state index in [1.807, 2.05) is 13.8 Å². The lowest BCUT2D eigenvalue weighted by atomic mass is 10.0. The molecule has 0 aliphatic rings. The van der Waals surface area contributed by atoms with Crippen LogP contribution >= 0.6 is 0 Å². The van der Waals surface area contributed by atoms with Crippen molar-refractivity contribution < 1.29 is 9.13 Å². The maximum Gasteiger partial charge on any atom is 0.165 e. The van der Waals surface area contributed by atoms with Crippen molar-refractivity contribution in [1.29, 1.82) is 0 Å². The van der Waals surface area contributed by atoms with E-state index in [1.54, 1.807) is 12.1 Å².